The average Bonchev–Trinajstić information content (AvgIpc) is 2.45. The van der Waals surface area contributed by atoms with E-state index in [0.717, 1.165) is 18.1 Å². The molecule has 0 spiro atoms. The molecule has 0 saturated carbocycles. The predicted octanol–water partition coefficient (Wildman–Crippen LogP) is 2.13. The third-order valence-electron chi connectivity index (χ3n) is 2.76. The molecule has 1 aromatic carbocycles. The zero-order valence-corrected chi connectivity index (χ0v) is 11.6. The first-order valence-electron chi connectivity index (χ1n) is 6.24. The fourth-order valence-corrected chi connectivity index (χ4v) is 2.86. The molecule has 1 heterocycles. The molecule has 0 aliphatic heterocycles. The van der Waals surface area contributed by atoms with Gasteiger partial charge in [0.15, 0.2) is 5.82 Å². The van der Waals surface area contributed by atoms with E-state index in [1.807, 2.05) is 30.3 Å². The van der Waals surface area contributed by atoms with Crippen LogP contribution in [-0.4, -0.2) is 19.9 Å². The summed E-state index contributed by atoms with van der Waals surface area (Å²) in [6.07, 6.45) is 2.65. The highest BCUT2D eigenvalue weighted by molar-refractivity contribution is 7.89. The fourth-order valence-electron chi connectivity index (χ4n) is 1.78. The monoisotopic (exact) mass is 294 g/mol. The second-order valence-corrected chi connectivity index (χ2v) is 5.96. The number of sulfonamides is 1. The van der Waals surface area contributed by atoms with Gasteiger partial charge in [-0.25, -0.2) is 22.5 Å². The zero-order valence-electron chi connectivity index (χ0n) is 10.8. The summed E-state index contributed by atoms with van der Waals surface area (Å²) in [5.74, 6) is -0.844. The lowest BCUT2D eigenvalue weighted by molar-refractivity contribution is 0.543. The molecule has 0 aliphatic carbocycles. The summed E-state index contributed by atoms with van der Waals surface area (Å²) in [5.41, 5.74) is 1.13. The molecule has 20 heavy (non-hydrogen) atoms. The van der Waals surface area contributed by atoms with Gasteiger partial charge in [-0.1, -0.05) is 30.3 Å². The van der Waals surface area contributed by atoms with E-state index in [4.69, 9.17) is 0 Å². The van der Waals surface area contributed by atoms with E-state index in [1.54, 1.807) is 0 Å². The first-order valence-corrected chi connectivity index (χ1v) is 7.72. The number of rotatable bonds is 6. The number of aromatic nitrogens is 1. The van der Waals surface area contributed by atoms with Gasteiger partial charge in [0.2, 0.25) is 5.03 Å². The first kappa shape index (κ1) is 14.6. The summed E-state index contributed by atoms with van der Waals surface area (Å²) < 4.78 is 39.4. The molecule has 0 amide bonds. The molecule has 2 rings (SSSR count). The van der Waals surface area contributed by atoms with Crippen LogP contribution in [-0.2, 0) is 16.4 Å². The number of pyridine rings is 1. The van der Waals surface area contributed by atoms with Gasteiger partial charge in [0, 0.05) is 12.7 Å². The Kier molecular flexibility index (Phi) is 4.81. The van der Waals surface area contributed by atoms with Crippen LogP contribution in [0.3, 0.4) is 0 Å². The molecular formula is C14H15FN2O2S. The maximum Gasteiger partial charge on any atom is 0.261 e. The second kappa shape index (κ2) is 6.58. The minimum Gasteiger partial charge on any atom is -0.241 e. The Labute approximate surface area is 117 Å². The topological polar surface area (TPSA) is 59.1 Å². The van der Waals surface area contributed by atoms with Gasteiger partial charge in [-0.05, 0) is 30.5 Å². The standard InChI is InChI=1S/C14H15FN2O2S/c15-13-9-5-10-16-14(13)20(18,19)17-11-4-8-12-6-2-1-3-7-12/h1-3,5-7,9-10,17H,4,8,11H2. The van der Waals surface area contributed by atoms with Crippen molar-refractivity contribution < 1.29 is 12.8 Å². The van der Waals surface area contributed by atoms with E-state index >= 15 is 0 Å². The van der Waals surface area contributed by atoms with Crippen LogP contribution in [0.4, 0.5) is 4.39 Å². The zero-order chi connectivity index (χ0) is 14.4. The van der Waals surface area contributed by atoms with Crippen LogP contribution in [0.1, 0.15) is 12.0 Å². The summed E-state index contributed by atoms with van der Waals surface area (Å²) in [6, 6.07) is 12.2. The van der Waals surface area contributed by atoms with Crippen LogP contribution >= 0.6 is 0 Å². The van der Waals surface area contributed by atoms with Gasteiger partial charge in [-0.15, -0.1) is 0 Å². The third kappa shape index (κ3) is 3.85. The summed E-state index contributed by atoms with van der Waals surface area (Å²) >= 11 is 0. The average molecular weight is 294 g/mol. The molecule has 0 atom stereocenters. The maximum atomic E-state index is 13.4. The molecule has 6 heteroatoms. The van der Waals surface area contributed by atoms with Gasteiger partial charge in [0.25, 0.3) is 10.0 Å². The Morgan fingerprint density at radius 1 is 1.10 bits per heavy atom. The van der Waals surface area contributed by atoms with Crippen molar-refractivity contribution in [1.29, 1.82) is 0 Å². The minimum absolute atomic E-state index is 0.243. The van der Waals surface area contributed by atoms with E-state index < -0.39 is 20.9 Å². The Morgan fingerprint density at radius 3 is 2.55 bits per heavy atom. The van der Waals surface area contributed by atoms with Crippen molar-refractivity contribution in [2.24, 2.45) is 0 Å². The molecule has 1 N–H and O–H groups in total. The summed E-state index contributed by atoms with van der Waals surface area (Å²) in [7, 11) is -3.88. The van der Waals surface area contributed by atoms with Crippen LogP contribution in [0.2, 0.25) is 0 Å². The number of halogens is 1. The van der Waals surface area contributed by atoms with E-state index in [0.29, 0.717) is 6.42 Å². The normalized spacial score (nSPS) is 11.4. The number of hydrogen-bond acceptors (Lipinski definition) is 3. The van der Waals surface area contributed by atoms with Crippen molar-refractivity contribution in [3.63, 3.8) is 0 Å². The lowest BCUT2D eigenvalue weighted by atomic mass is 10.1. The molecule has 0 unspecified atom stereocenters. The van der Waals surface area contributed by atoms with Crippen LogP contribution in [0.15, 0.2) is 53.7 Å². The molecule has 106 valence electrons. The predicted molar refractivity (Wildman–Crippen MR) is 74.1 cm³/mol. The first-order chi connectivity index (χ1) is 9.59. The molecule has 4 nitrogen and oxygen atoms in total. The van der Waals surface area contributed by atoms with Gasteiger partial charge in [0.1, 0.15) is 0 Å². The highest BCUT2D eigenvalue weighted by Gasteiger charge is 2.19. The minimum atomic E-state index is -3.88. The van der Waals surface area contributed by atoms with Crippen LogP contribution in [0, 0.1) is 5.82 Å². The van der Waals surface area contributed by atoms with Crippen LogP contribution in [0.25, 0.3) is 0 Å². The van der Waals surface area contributed by atoms with Crippen LogP contribution < -0.4 is 4.72 Å². The fraction of sp³-hybridized carbons (Fsp3) is 0.214. The van der Waals surface area contributed by atoms with E-state index in [-0.39, 0.29) is 6.54 Å². The van der Waals surface area contributed by atoms with E-state index in [9.17, 15) is 12.8 Å². The van der Waals surface area contributed by atoms with E-state index in [2.05, 4.69) is 9.71 Å². The van der Waals surface area contributed by atoms with Crippen molar-refractivity contribution in [1.82, 2.24) is 9.71 Å². The molecule has 0 radical (unpaired) electrons. The van der Waals surface area contributed by atoms with Crippen molar-refractivity contribution in [3.8, 4) is 0 Å². The molecule has 0 aliphatic rings. The number of hydrogen-bond donors (Lipinski definition) is 1. The number of nitrogens with one attached hydrogen (secondary N) is 1. The molecule has 2 aromatic rings. The Hall–Kier alpha value is -1.79. The molecule has 0 fully saturated rings. The van der Waals surface area contributed by atoms with Crippen molar-refractivity contribution >= 4 is 10.0 Å². The van der Waals surface area contributed by atoms with Crippen molar-refractivity contribution in [2.75, 3.05) is 6.54 Å². The van der Waals surface area contributed by atoms with Gasteiger partial charge < -0.3 is 0 Å². The summed E-state index contributed by atoms with van der Waals surface area (Å²) in [4.78, 5) is 3.56. The number of aryl methyl sites for hydroxylation is 1. The smallest absolute Gasteiger partial charge is 0.241 e. The SMILES string of the molecule is O=S(=O)(NCCCc1ccccc1)c1ncccc1F. The molecule has 1 aromatic heterocycles. The lowest BCUT2D eigenvalue weighted by Crippen LogP contribution is -2.26. The Morgan fingerprint density at radius 2 is 1.85 bits per heavy atom. The highest BCUT2D eigenvalue weighted by Crippen LogP contribution is 2.09. The summed E-state index contributed by atoms with van der Waals surface area (Å²) in [5, 5.41) is -0.556. The van der Waals surface area contributed by atoms with Gasteiger partial charge in [-0.3, -0.25) is 0 Å². The van der Waals surface area contributed by atoms with Crippen molar-refractivity contribution in [3.05, 3.63) is 60.0 Å². The molecule has 0 bridgehead atoms. The van der Waals surface area contributed by atoms with Crippen LogP contribution in [0.5, 0.6) is 0 Å². The number of nitrogens with zero attached hydrogens (tertiary/aromatic N) is 1. The maximum absolute atomic E-state index is 13.4. The van der Waals surface area contributed by atoms with Gasteiger partial charge >= 0.3 is 0 Å². The molecular weight excluding hydrogens is 279 g/mol. The Bertz CT molecular complexity index is 660. The highest BCUT2D eigenvalue weighted by atomic mass is 32.2. The molecule has 0 saturated heterocycles. The second-order valence-electron chi connectivity index (χ2n) is 4.28. The van der Waals surface area contributed by atoms with Gasteiger partial charge in [-0.2, -0.15) is 0 Å². The lowest BCUT2D eigenvalue weighted by Gasteiger charge is -2.06. The largest absolute Gasteiger partial charge is 0.261 e. The summed E-state index contributed by atoms with van der Waals surface area (Å²) in [6.45, 7) is 0.243. The number of benzene rings is 1. The van der Waals surface area contributed by atoms with Gasteiger partial charge in [0.05, 0.1) is 0 Å². The third-order valence-corrected chi connectivity index (χ3v) is 4.15. The van der Waals surface area contributed by atoms with Crippen molar-refractivity contribution in [2.45, 2.75) is 17.9 Å². The Balaban J connectivity index is 1.89. The quantitative estimate of drug-likeness (QED) is 0.830. The van der Waals surface area contributed by atoms with E-state index in [1.165, 1.54) is 12.3 Å².